The maximum atomic E-state index is 12.1. The fourth-order valence-electron chi connectivity index (χ4n) is 2.12. The second-order valence-electron chi connectivity index (χ2n) is 5.77. The van der Waals surface area contributed by atoms with Crippen molar-refractivity contribution >= 4 is 23.5 Å². The Morgan fingerprint density at radius 2 is 1.74 bits per heavy atom. The van der Waals surface area contributed by atoms with E-state index in [2.05, 4.69) is 5.32 Å². The summed E-state index contributed by atoms with van der Waals surface area (Å²) in [6.07, 6.45) is 0.745. The predicted molar refractivity (Wildman–Crippen MR) is 88.1 cm³/mol. The Balaban J connectivity index is 2.40. The third kappa shape index (κ3) is 6.10. The molecule has 0 aromatic heterocycles. The molecule has 0 saturated carbocycles. The summed E-state index contributed by atoms with van der Waals surface area (Å²) in [4.78, 5) is 36.4. The number of para-hydroxylation sites is 1. The maximum absolute atomic E-state index is 12.1. The molecule has 2 amide bonds. The lowest BCUT2D eigenvalue weighted by atomic mass is 10.0. The van der Waals surface area contributed by atoms with Gasteiger partial charge in [0.05, 0.1) is 0 Å². The smallest absolute Gasteiger partial charge is 0.326 e. The Hall–Kier alpha value is -2.37. The van der Waals surface area contributed by atoms with Gasteiger partial charge in [-0.05, 0) is 24.5 Å². The molecule has 0 aliphatic rings. The Morgan fingerprint density at radius 1 is 1.13 bits per heavy atom. The lowest BCUT2D eigenvalue weighted by molar-refractivity contribution is -0.143. The normalized spacial score (nSPS) is 11.8. The molecule has 0 spiro atoms. The number of amides is 2. The number of hydrogen-bond donors (Lipinski definition) is 2. The first-order valence-electron chi connectivity index (χ1n) is 7.66. The van der Waals surface area contributed by atoms with E-state index in [1.807, 2.05) is 30.3 Å². The lowest BCUT2D eigenvalue weighted by Crippen LogP contribution is -2.44. The molecule has 0 bridgehead atoms. The van der Waals surface area contributed by atoms with E-state index in [9.17, 15) is 14.4 Å². The zero-order valence-corrected chi connectivity index (χ0v) is 13.8. The zero-order chi connectivity index (χ0) is 17.4. The van der Waals surface area contributed by atoms with Crippen LogP contribution in [0.4, 0.5) is 5.69 Å². The average molecular weight is 320 g/mol. The summed E-state index contributed by atoms with van der Waals surface area (Å²) in [6, 6.07) is 8.36. The van der Waals surface area contributed by atoms with Crippen molar-refractivity contribution < 1.29 is 19.5 Å². The third-order valence-corrected chi connectivity index (χ3v) is 3.56. The molecule has 6 heteroatoms. The van der Waals surface area contributed by atoms with Crippen LogP contribution in [0, 0.1) is 5.92 Å². The summed E-state index contributed by atoms with van der Waals surface area (Å²) < 4.78 is 0. The average Bonchev–Trinajstić information content (AvgIpc) is 2.52. The third-order valence-electron chi connectivity index (χ3n) is 3.56. The van der Waals surface area contributed by atoms with Crippen molar-refractivity contribution in [2.75, 3.05) is 11.9 Å². The number of carboxylic acids is 1. The second-order valence-corrected chi connectivity index (χ2v) is 5.77. The van der Waals surface area contributed by atoms with Gasteiger partial charge < -0.3 is 15.3 Å². The highest BCUT2D eigenvalue weighted by Crippen LogP contribution is 2.13. The fourth-order valence-corrected chi connectivity index (χ4v) is 2.12. The summed E-state index contributed by atoms with van der Waals surface area (Å²) in [5, 5.41) is 11.5. The van der Waals surface area contributed by atoms with Crippen LogP contribution >= 0.6 is 0 Å². The molecule has 23 heavy (non-hydrogen) atoms. The van der Waals surface area contributed by atoms with Crippen LogP contribution in [-0.4, -0.2) is 36.0 Å². The molecule has 0 radical (unpaired) electrons. The van der Waals surface area contributed by atoms with Crippen LogP contribution in [-0.2, 0) is 14.4 Å². The SMILES string of the molecule is CC(C)C(NC(=O)CCCC(=O)N(C)c1ccccc1)C(=O)O. The summed E-state index contributed by atoms with van der Waals surface area (Å²) in [6.45, 7) is 3.47. The van der Waals surface area contributed by atoms with Crippen LogP contribution in [0.15, 0.2) is 30.3 Å². The minimum absolute atomic E-state index is 0.0809. The van der Waals surface area contributed by atoms with Gasteiger partial charge in [0.2, 0.25) is 11.8 Å². The Bertz CT molecular complexity index is 543. The highest BCUT2D eigenvalue weighted by molar-refractivity contribution is 5.93. The molecule has 1 rings (SSSR count). The number of rotatable bonds is 8. The number of anilines is 1. The van der Waals surface area contributed by atoms with Gasteiger partial charge in [0, 0.05) is 25.6 Å². The topological polar surface area (TPSA) is 86.7 Å². The van der Waals surface area contributed by atoms with Crippen molar-refractivity contribution in [1.82, 2.24) is 5.32 Å². The van der Waals surface area contributed by atoms with Crippen molar-refractivity contribution in [1.29, 1.82) is 0 Å². The maximum Gasteiger partial charge on any atom is 0.326 e. The lowest BCUT2D eigenvalue weighted by Gasteiger charge is -2.19. The number of carboxylic acid groups (broad SMARTS) is 1. The van der Waals surface area contributed by atoms with Crippen LogP contribution in [0.5, 0.6) is 0 Å². The highest BCUT2D eigenvalue weighted by atomic mass is 16.4. The van der Waals surface area contributed by atoms with Crippen LogP contribution in [0.1, 0.15) is 33.1 Å². The monoisotopic (exact) mass is 320 g/mol. The minimum Gasteiger partial charge on any atom is -0.480 e. The van der Waals surface area contributed by atoms with E-state index in [0.29, 0.717) is 6.42 Å². The number of carbonyl (C=O) groups is 3. The number of nitrogens with zero attached hydrogens (tertiary/aromatic N) is 1. The summed E-state index contributed by atoms with van der Waals surface area (Å²) >= 11 is 0. The molecule has 1 unspecified atom stereocenters. The molecule has 0 saturated heterocycles. The van der Waals surface area contributed by atoms with Crippen LogP contribution in [0.25, 0.3) is 0 Å². The summed E-state index contributed by atoms with van der Waals surface area (Å²) in [5.74, 6) is -1.67. The first kappa shape index (κ1) is 18.7. The Labute approximate surface area is 136 Å². The molecule has 0 fully saturated rings. The van der Waals surface area contributed by atoms with E-state index in [0.717, 1.165) is 5.69 Å². The molecule has 6 nitrogen and oxygen atoms in total. The number of aliphatic carboxylic acids is 1. The molecular weight excluding hydrogens is 296 g/mol. The van der Waals surface area contributed by atoms with Gasteiger partial charge in [-0.15, -0.1) is 0 Å². The standard InChI is InChI=1S/C17H24N2O4/c1-12(2)16(17(22)23)18-14(20)10-7-11-15(21)19(3)13-8-5-4-6-9-13/h4-6,8-9,12,16H,7,10-11H2,1-3H3,(H,18,20)(H,22,23). The van der Waals surface area contributed by atoms with E-state index in [1.165, 1.54) is 0 Å². The molecule has 1 aromatic carbocycles. The van der Waals surface area contributed by atoms with Gasteiger partial charge in [-0.3, -0.25) is 9.59 Å². The van der Waals surface area contributed by atoms with E-state index in [1.54, 1.807) is 25.8 Å². The number of carbonyl (C=O) groups excluding carboxylic acids is 2. The van der Waals surface area contributed by atoms with Crippen molar-refractivity contribution in [3.63, 3.8) is 0 Å². The number of nitrogens with one attached hydrogen (secondary N) is 1. The van der Waals surface area contributed by atoms with Gasteiger partial charge in [-0.1, -0.05) is 32.0 Å². The van der Waals surface area contributed by atoms with Gasteiger partial charge in [0.25, 0.3) is 0 Å². The first-order chi connectivity index (χ1) is 10.8. The molecule has 1 atom stereocenters. The van der Waals surface area contributed by atoms with Gasteiger partial charge in [-0.25, -0.2) is 4.79 Å². The van der Waals surface area contributed by atoms with Gasteiger partial charge in [0.1, 0.15) is 6.04 Å². The van der Waals surface area contributed by atoms with Crippen molar-refractivity contribution in [3.8, 4) is 0 Å². The summed E-state index contributed by atoms with van der Waals surface area (Å²) in [5.41, 5.74) is 0.799. The van der Waals surface area contributed by atoms with Crippen molar-refractivity contribution in [2.24, 2.45) is 5.92 Å². The van der Waals surface area contributed by atoms with Crippen LogP contribution < -0.4 is 10.2 Å². The fraction of sp³-hybridized carbons (Fsp3) is 0.471. The quantitative estimate of drug-likeness (QED) is 0.767. The molecular formula is C17H24N2O4. The van der Waals surface area contributed by atoms with E-state index in [4.69, 9.17) is 5.11 Å². The van der Waals surface area contributed by atoms with Crippen LogP contribution in [0.3, 0.4) is 0 Å². The van der Waals surface area contributed by atoms with Gasteiger partial charge in [-0.2, -0.15) is 0 Å². The molecule has 0 heterocycles. The highest BCUT2D eigenvalue weighted by Gasteiger charge is 2.23. The minimum atomic E-state index is -1.05. The largest absolute Gasteiger partial charge is 0.480 e. The number of benzene rings is 1. The van der Waals surface area contributed by atoms with Gasteiger partial charge >= 0.3 is 5.97 Å². The molecule has 2 N–H and O–H groups in total. The van der Waals surface area contributed by atoms with E-state index >= 15 is 0 Å². The van der Waals surface area contributed by atoms with E-state index in [-0.39, 0.29) is 30.6 Å². The Kier molecular flexibility index (Phi) is 7.25. The Morgan fingerprint density at radius 3 is 2.26 bits per heavy atom. The predicted octanol–water partition coefficient (Wildman–Crippen LogP) is 2.05. The summed E-state index contributed by atoms with van der Waals surface area (Å²) in [7, 11) is 1.69. The molecule has 1 aromatic rings. The number of hydrogen-bond acceptors (Lipinski definition) is 3. The molecule has 126 valence electrons. The zero-order valence-electron chi connectivity index (χ0n) is 13.8. The first-order valence-corrected chi connectivity index (χ1v) is 7.66. The van der Waals surface area contributed by atoms with Gasteiger partial charge in [0.15, 0.2) is 0 Å². The van der Waals surface area contributed by atoms with Crippen molar-refractivity contribution in [2.45, 2.75) is 39.2 Å². The second kappa shape index (κ2) is 8.92. The van der Waals surface area contributed by atoms with Crippen LogP contribution in [0.2, 0.25) is 0 Å². The van der Waals surface area contributed by atoms with E-state index < -0.39 is 12.0 Å². The molecule has 0 aliphatic heterocycles. The van der Waals surface area contributed by atoms with Crippen molar-refractivity contribution in [3.05, 3.63) is 30.3 Å². The molecule has 0 aliphatic carbocycles.